The molecule has 1 N–H and O–H groups in total. The van der Waals surface area contributed by atoms with E-state index in [1.54, 1.807) is 6.92 Å². The van der Waals surface area contributed by atoms with Crippen LogP contribution in [0.2, 0.25) is 0 Å². The fourth-order valence-corrected chi connectivity index (χ4v) is 3.63. The van der Waals surface area contributed by atoms with Crippen molar-refractivity contribution in [3.8, 4) is 0 Å². The molecule has 0 heterocycles. The van der Waals surface area contributed by atoms with E-state index in [4.69, 9.17) is 5.11 Å². The van der Waals surface area contributed by atoms with E-state index in [1.165, 1.54) is 6.92 Å². The summed E-state index contributed by atoms with van der Waals surface area (Å²) in [5.41, 5.74) is -1.04. The minimum Gasteiger partial charge on any atom is -0.480 e. The van der Waals surface area contributed by atoms with E-state index in [0.717, 1.165) is 16.4 Å². The predicted molar refractivity (Wildman–Crippen MR) is 72.9 cm³/mol. The van der Waals surface area contributed by atoms with Crippen molar-refractivity contribution < 1.29 is 31.5 Å². The van der Waals surface area contributed by atoms with Crippen molar-refractivity contribution in [2.24, 2.45) is 0 Å². The molecule has 0 spiro atoms. The lowest BCUT2D eigenvalue weighted by Crippen LogP contribution is -2.36. The average Bonchev–Trinajstić information content (AvgIpc) is 2.36. The molecule has 1 aromatic rings. The second-order valence-corrected chi connectivity index (χ2v) is 6.62. The molecule has 1 aromatic carbocycles. The highest BCUT2D eigenvalue weighted by Gasteiger charge is 2.33. The van der Waals surface area contributed by atoms with Gasteiger partial charge in [-0.25, -0.2) is 8.42 Å². The Morgan fingerprint density at radius 2 is 1.91 bits per heavy atom. The van der Waals surface area contributed by atoms with E-state index < -0.39 is 34.3 Å². The average molecular weight is 339 g/mol. The minimum atomic E-state index is -4.57. The molecule has 0 aromatic heterocycles. The summed E-state index contributed by atoms with van der Waals surface area (Å²) in [5, 5.41) is 8.79. The van der Waals surface area contributed by atoms with Crippen LogP contribution >= 0.6 is 0 Å². The van der Waals surface area contributed by atoms with Crippen molar-refractivity contribution >= 4 is 16.0 Å². The number of alkyl halides is 3. The second kappa shape index (κ2) is 6.66. The van der Waals surface area contributed by atoms with Gasteiger partial charge in [-0.05, 0) is 37.1 Å². The number of carboxylic acids is 1. The number of carboxylic acid groups (broad SMARTS) is 1. The molecular weight excluding hydrogens is 323 g/mol. The van der Waals surface area contributed by atoms with E-state index in [9.17, 15) is 26.4 Å². The summed E-state index contributed by atoms with van der Waals surface area (Å²) < 4.78 is 63.4. The summed E-state index contributed by atoms with van der Waals surface area (Å²) in [7, 11) is -4.17. The van der Waals surface area contributed by atoms with Gasteiger partial charge in [-0.3, -0.25) is 4.79 Å². The molecule has 0 aliphatic carbocycles. The Morgan fingerprint density at radius 3 is 2.32 bits per heavy atom. The van der Waals surface area contributed by atoms with Crippen LogP contribution in [-0.2, 0) is 21.0 Å². The topological polar surface area (TPSA) is 74.7 Å². The Kier molecular flexibility index (Phi) is 5.58. The van der Waals surface area contributed by atoms with Gasteiger partial charge in [0.25, 0.3) is 0 Å². The monoisotopic (exact) mass is 339 g/mol. The van der Waals surface area contributed by atoms with E-state index in [0.29, 0.717) is 12.5 Å². The van der Waals surface area contributed by atoms with Crippen molar-refractivity contribution in [3.05, 3.63) is 29.3 Å². The van der Waals surface area contributed by atoms with Crippen LogP contribution in [0.25, 0.3) is 0 Å². The molecule has 0 amide bonds. The Bertz CT molecular complexity index is 656. The zero-order valence-electron chi connectivity index (χ0n) is 12.0. The number of rotatable bonds is 6. The summed E-state index contributed by atoms with van der Waals surface area (Å²) in [4.78, 5) is 10.5. The molecular formula is C13H16F3NO4S. The van der Waals surface area contributed by atoms with Crippen LogP contribution in [0.5, 0.6) is 0 Å². The van der Waals surface area contributed by atoms with E-state index in [2.05, 4.69) is 0 Å². The minimum absolute atomic E-state index is 0.0326. The highest BCUT2D eigenvalue weighted by molar-refractivity contribution is 7.89. The van der Waals surface area contributed by atoms with E-state index in [1.807, 2.05) is 0 Å². The summed E-state index contributed by atoms with van der Waals surface area (Å²) in [5.74, 6) is -1.33. The molecule has 0 atom stereocenters. The van der Waals surface area contributed by atoms with Gasteiger partial charge in [-0.1, -0.05) is 6.92 Å². The lowest BCUT2D eigenvalue weighted by atomic mass is 10.1. The maximum atomic E-state index is 12.6. The maximum absolute atomic E-state index is 12.6. The number of aliphatic carboxylic acids is 1. The van der Waals surface area contributed by atoms with Crippen LogP contribution in [0, 0.1) is 6.92 Å². The molecule has 124 valence electrons. The van der Waals surface area contributed by atoms with Gasteiger partial charge in [0.05, 0.1) is 10.5 Å². The molecule has 1 rings (SSSR count). The van der Waals surface area contributed by atoms with Gasteiger partial charge in [-0.2, -0.15) is 17.5 Å². The first kappa shape index (κ1) is 18.4. The summed E-state index contributed by atoms with van der Waals surface area (Å²) in [6.07, 6.45) is -4.19. The largest absolute Gasteiger partial charge is 0.480 e. The Hall–Kier alpha value is -1.61. The van der Waals surface area contributed by atoms with Crippen molar-refractivity contribution in [2.45, 2.75) is 31.3 Å². The van der Waals surface area contributed by atoms with Gasteiger partial charge >= 0.3 is 12.1 Å². The number of hydrogen-bond acceptors (Lipinski definition) is 3. The molecule has 0 fully saturated rings. The zero-order chi connectivity index (χ0) is 17.1. The molecule has 5 nitrogen and oxygen atoms in total. The number of benzene rings is 1. The molecule has 0 aliphatic rings. The number of carbonyl (C=O) groups is 1. The normalized spacial score (nSPS) is 12.6. The first-order chi connectivity index (χ1) is 10.00. The maximum Gasteiger partial charge on any atom is 0.416 e. The van der Waals surface area contributed by atoms with Crippen molar-refractivity contribution in [1.82, 2.24) is 4.31 Å². The number of aryl methyl sites for hydroxylation is 1. The highest BCUT2D eigenvalue weighted by atomic mass is 32.2. The van der Waals surface area contributed by atoms with Crippen molar-refractivity contribution in [2.75, 3.05) is 13.1 Å². The predicted octanol–water partition coefficient (Wildman–Crippen LogP) is 2.50. The van der Waals surface area contributed by atoms with Gasteiger partial charge in [0.15, 0.2) is 0 Å². The fourth-order valence-electron chi connectivity index (χ4n) is 1.94. The Morgan fingerprint density at radius 1 is 1.32 bits per heavy atom. The molecule has 22 heavy (non-hydrogen) atoms. The third kappa shape index (κ3) is 4.20. The first-order valence-corrected chi connectivity index (χ1v) is 7.84. The van der Waals surface area contributed by atoms with Crippen molar-refractivity contribution in [1.29, 1.82) is 0 Å². The Labute approximate surface area is 126 Å². The SMILES string of the molecule is CCCN(CC(=O)O)S(=O)(=O)c1ccc(C(F)(F)F)cc1C. The first-order valence-electron chi connectivity index (χ1n) is 6.40. The van der Waals surface area contributed by atoms with Gasteiger partial charge < -0.3 is 5.11 Å². The molecule has 9 heteroatoms. The molecule has 0 radical (unpaired) electrons. The quantitative estimate of drug-likeness (QED) is 0.864. The van der Waals surface area contributed by atoms with Gasteiger partial charge in [-0.15, -0.1) is 0 Å². The van der Waals surface area contributed by atoms with Crippen LogP contribution in [0.4, 0.5) is 13.2 Å². The van der Waals surface area contributed by atoms with Gasteiger partial charge in [0.1, 0.15) is 6.54 Å². The van der Waals surface area contributed by atoms with Crippen molar-refractivity contribution in [3.63, 3.8) is 0 Å². The van der Waals surface area contributed by atoms with Gasteiger partial charge in [0, 0.05) is 6.54 Å². The number of sulfonamides is 1. The number of halogens is 3. The standard InChI is InChI=1S/C13H16F3NO4S/c1-3-6-17(8-12(18)19)22(20,21)11-5-4-10(7-9(11)2)13(14,15)16/h4-5,7H,3,6,8H2,1-2H3,(H,18,19). The van der Waals surface area contributed by atoms with Crippen LogP contribution in [0.15, 0.2) is 23.1 Å². The summed E-state index contributed by atoms with van der Waals surface area (Å²) in [6.45, 7) is 2.14. The summed E-state index contributed by atoms with van der Waals surface area (Å²) >= 11 is 0. The smallest absolute Gasteiger partial charge is 0.416 e. The Balaban J connectivity index is 3.29. The fraction of sp³-hybridized carbons (Fsp3) is 0.462. The van der Waals surface area contributed by atoms with E-state index >= 15 is 0 Å². The molecule has 0 bridgehead atoms. The van der Waals surface area contributed by atoms with Crippen LogP contribution in [-0.4, -0.2) is 36.9 Å². The summed E-state index contributed by atoms with van der Waals surface area (Å²) in [6, 6.07) is 2.26. The third-order valence-corrected chi connectivity index (χ3v) is 4.91. The third-order valence-electron chi connectivity index (χ3n) is 2.90. The van der Waals surface area contributed by atoms with E-state index in [-0.39, 0.29) is 17.0 Å². The molecule has 0 unspecified atom stereocenters. The molecule has 0 saturated heterocycles. The molecule has 0 aliphatic heterocycles. The van der Waals surface area contributed by atoms with Crippen LogP contribution in [0.3, 0.4) is 0 Å². The van der Waals surface area contributed by atoms with Crippen LogP contribution in [0.1, 0.15) is 24.5 Å². The number of hydrogen-bond donors (Lipinski definition) is 1. The van der Waals surface area contributed by atoms with Gasteiger partial charge in [0.2, 0.25) is 10.0 Å². The lowest BCUT2D eigenvalue weighted by molar-refractivity contribution is -0.138. The number of nitrogens with zero attached hydrogens (tertiary/aromatic N) is 1. The lowest BCUT2D eigenvalue weighted by Gasteiger charge is -2.21. The van der Waals surface area contributed by atoms with Crippen LogP contribution < -0.4 is 0 Å². The highest BCUT2D eigenvalue weighted by Crippen LogP contribution is 2.32. The second-order valence-electron chi connectivity index (χ2n) is 4.71. The molecule has 0 saturated carbocycles. The zero-order valence-corrected chi connectivity index (χ0v) is 12.8.